The topological polar surface area (TPSA) is 74.8 Å². The number of nitrogens with zero attached hydrogens (tertiary/aromatic N) is 4. The standard InChI is InChI=1S/C40H45ClN4O4/c1-2-3-24-45-35(39(41)42-40(45)33-20-12-6-13-21-33)28-44(38(32-18-10-5-11-19-32)36-30-46-25-26-47-36)23-15-7-14-22-34-27-37(43-49-34)48-29-31-16-8-4-9-17-31/h4-6,8-10,12-13,16-18,20-21,25-27,30,38H,2-3,7,11,14-15,19,22-24,28-29H2,1H3. The van der Waals surface area contributed by atoms with Crippen molar-refractivity contribution in [2.24, 2.45) is 0 Å². The quantitative estimate of drug-likeness (QED) is 0.0969. The van der Waals surface area contributed by atoms with Crippen molar-refractivity contribution >= 4 is 11.6 Å². The fourth-order valence-electron chi connectivity index (χ4n) is 6.31. The summed E-state index contributed by atoms with van der Waals surface area (Å²) in [5.41, 5.74) is 4.46. The number of rotatable bonds is 18. The summed E-state index contributed by atoms with van der Waals surface area (Å²) in [7, 11) is 0. The monoisotopic (exact) mass is 680 g/mol. The summed E-state index contributed by atoms with van der Waals surface area (Å²) in [6.07, 6.45) is 19.3. The van der Waals surface area contributed by atoms with Crippen LogP contribution in [0.4, 0.5) is 0 Å². The SMILES string of the molecule is CCCCn1c(-c2ccccc2)nc(Cl)c1CN(CCCCCc1cc(OCc2ccccc2)no1)C(C1=CC=CCC1)C1=COC=CO1. The normalized spacial score (nSPS) is 14.7. The number of aromatic nitrogens is 3. The molecule has 1 atom stereocenters. The molecule has 256 valence electrons. The van der Waals surface area contributed by atoms with E-state index in [2.05, 4.69) is 51.9 Å². The molecule has 0 spiro atoms. The van der Waals surface area contributed by atoms with Gasteiger partial charge < -0.3 is 23.3 Å². The van der Waals surface area contributed by atoms with Crippen LogP contribution in [0.15, 0.2) is 120 Å². The van der Waals surface area contributed by atoms with Gasteiger partial charge in [0.2, 0.25) is 0 Å². The lowest BCUT2D eigenvalue weighted by molar-refractivity contribution is 0.149. The Balaban J connectivity index is 1.18. The molecular formula is C40H45ClN4O4. The average molecular weight is 681 g/mol. The summed E-state index contributed by atoms with van der Waals surface area (Å²) in [5.74, 6) is 3.03. The molecule has 3 heterocycles. The second-order valence-electron chi connectivity index (χ2n) is 12.4. The number of allylic oxidation sites excluding steroid dienone is 3. The smallest absolute Gasteiger partial charge is 0.254 e. The minimum absolute atomic E-state index is 0.112. The summed E-state index contributed by atoms with van der Waals surface area (Å²) in [4.78, 5) is 7.39. The van der Waals surface area contributed by atoms with Gasteiger partial charge in [-0.2, -0.15) is 0 Å². The predicted molar refractivity (Wildman–Crippen MR) is 192 cm³/mol. The predicted octanol–water partition coefficient (Wildman–Crippen LogP) is 9.79. The Labute approximate surface area is 294 Å². The van der Waals surface area contributed by atoms with Crippen LogP contribution in [0.1, 0.15) is 68.9 Å². The summed E-state index contributed by atoms with van der Waals surface area (Å²) in [5, 5.41) is 4.66. The number of unbranched alkanes of at least 4 members (excludes halogenated alkanes) is 3. The van der Waals surface area contributed by atoms with Crippen molar-refractivity contribution in [2.75, 3.05) is 6.54 Å². The molecule has 0 N–H and O–H groups in total. The average Bonchev–Trinajstić information content (AvgIpc) is 3.74. The summed E-state index contributed by atoms with van der Waals surface area (Å²) >= 11 is 7.02. The molecule has 4 aromatic rings. The molecule has 6 rings (SSSR count). The third-order valence-electron chi connectivity index (χ3n) is 8.83. The first-order chi connectivity index (χ1) is 24.2. The molecule has 0 amide bonds. The van der Waals surface area contributed by atoms with Gasteiger partial charge in [0, 0.05) is 31.1 Å². The maximum Gasteiger partial charge on any atom is 0.254 e. The number of ether oxygens (including phenoxy) is 3. The Kier molecular flexibility index (Phi) is 12.4. The molecule has 0 saturated heterocycles. The second kappa shape index (κ2) is 17.7. The van der Waals surface area contributed by atoms with Crippen molar-refractivity contribution in [3.8, 4) is 17.3 Å². The number of halogens is 1. The van der Waals surface area contributed by atoms with Crippen LogP contribution < -0.4 is 4.74 Å². The second-order valence-corrected chi connectivity index (χ2v) is 12.7. The first-order valence-corrected chi connectivity index (χ1v) is 17.8. The van der Waals surface area contributed by atoms with Crippen LogP contribution in [0.2, 0.25) is 5.15 Å². The molecule has 1 aliphatic carbocycles. The summed E-state index contributed by atoms with van der Waals surface area (Å²) in [6, 6.07) is 22.2. The number of hydrogen-bond acceptors (Lipinski definition) is 7. The molecule has 0 fully saturated rings. The van der Waals surface area contributed by atoms with Crippen LogP contribution in [-0.4, -0.2) is 32.2 Å². The van der Waals surface area contributed by atoms with Crippen LogP contribution in [-0.2, 0) is 35.6 Å². The zero-order chi connectivity index (χ0) is 33.7. The van der Waals surface area contributed by atoms with Gasteiger partial charge in [-0.15, -0.1) is 0 Å². The van der Waals surface area contributed by atoms with Gasteiger partial charge in [0.1, 0.15) is 37.0 Å². The lowest BCUT2D eigenvalue weighted by Crippen LogP contribution is -2.40. The largest absolute Gasteiger partial charge is 0.471 e. The van der Waals surface area contributed by atoms with E-state index < -0.39 is 0 Å². The highest BCUT2D eigenvalue weighted by Crippen LogP contribution is 2.33. The van der Waals surface area contributed by atoms with Crippen LogP contribution in [0.3, 0.4) is 0 Å². The number of benzene rings is 2. The maximum atomic E-state index is 7.02. The highest BCUT2D eigenvalue weighted by Gasteiger charge is 2.31. The molecule has 9 heteroatoms. The third kappa shape index (κ3) is 9.34. The zero-order valence-electron chi connectivity index (χ0n) is 28.2. The molecular weight excluding hydrogens is 636 g/mol. The van der Waals surface area contributed by atoms with E-state index in [-0.39, 0.29) is 6.04 Å². The minimum atomic E-state index is -0.112. The lowest BCUT2D eigenvalue weighted by atomic mass is 9.94. The fraction of sp³-hybridized carbons (Fsp3) is 0.350. The summed E-state index contributed by atoms with van der Waals surface area (Å²) in [6.45, 7) is 4.96. The van der Waals surface area contributed by atoms with Gasteiger partial charge in [0.05, 0.1) is 11.7 Å². The van der Waals surface area contributed by atoms with E-state index in [1.54, 1.807) is 18.8 Å². The van der Waals surface area contributed by atoms with Gasteiger partial charge in [0.25, 0.3) is 5.88 Å². The molecule has 1 aliphatic heterocycles. The molecule has 0 saturated carbocycles. The van der Waals surface area contributed by atoms with E-state index in [0.717, 1.165) is 98.6 Å². The Bertz CT molecular complexity index is 1740. The first kappa shape index (κ1) is 34.3. The van der Waals surface area contributed by atoms with E-state index in [0.29, 0.717) is 24.2 Å². The molecule has 8 nitrogen and oxygen atoms in total. The van der Waals surface area contributed by atoms with Crippen LogP contribution >= 0.6 is 11.6 Å². The Morgan fingerprint density at radius 2 is 1.84 bits per heavy atom. The van der Waals surface area contributed by atoms with Gasteiger partial charge in [-0.25, -0.2) is 4.98 Å². The van der Waals surface area contributed by atoms with Gasteiger partial charge in [0.15, 0.2) is 10.9 Å². The van der Waals surface area contributed by atoms with Crippen molar-refractivity contribution in [2.45, 2.75) is 84.0 Å². The van der Waals surface area contributed by atoms with Crippen molar-refractivity contribution in [3.05, 3.63) is 137 Å². The van der Waals surface area contributed by atoms with Crippen LogP contribution in [0, 0.1) is 0 Å². The fourth-order valence-corrected chi connectivity index (χ4v) is 6.56. The molecule has 1 unspecified atom stereocenters. The molecule has 49 heavy (non-hydrogen) atoms. The van der Waals surface area contributed by atoms with Crippen molar-refractivity contribution in [1.82, 2.24) is 19.6 Å². The molecule has 2 aromatic carbocycles. The van der Waals surface area contributed by atoms with Crippen molar-refractivity contribution in [3.63, 3.8) is 0 Å². The van der Waals surface area contributed by atoms with Gasteiger partial charge >= 0.3 is 0 Å². The van der Waals surface area contributed by atoms with E-state index in [4.69, 9.17) is 35.3 Å². The van der Waals surface area contributed by atoms with E-state index in [9.17, 15) is 0 Å². The number of imidazole rings is 1. The summed E-state index contributed by atoms with van der Waals surface area (Å²) < 4.78 is 25.5. The Morgan fingerprint density at radius 3 is 2.59 bits per heavy atom. The zero-order valence-corrected chi connectivity index (χ0v) is 28.9. The maximum absolute atomic E-state index is 7.02. The molecule has 0 bridgehead atoms. The highest BCUT2D eigenvalue weighted by atomic mass is 35.5. The molecule has 0 radical (unpaired) electrons. The number of aryl methyl sites for hydroxylation is 1. The van der Waals surface area contributed by atoms with Gasteiger partial charge in [-0.1, -0.05) is 110 Å². The molecule has 2 aromatic heterocycles. The van der Waals surface area contributed by atoms with E-state index in [1.807, 2.05) is 54.6 Å². The molecule has 2 aliphatic rings. The van der Waals surface area contributed by atoms with Gasteiger partial charge in [-0.05, 0) is 54.9 Å². The van der Waals surface area contributed by atoms with Crippen LogP contribution in [0.25, 0.3) is 11.4 Å². The lowest BCUT2D eigenvalue weighted by Gasteiger charge is -2.35. The van der Waals surface area contributed by atoms with Crippen molar-refractivity contribution in [1.29, 1.82) is 0 Å². The number of hydrogen-bond donors (Lipinski definition) is 0. The van der Waals surface area contributed by atoms with E-state index >= 15 is 0 Å². The van der Waals surface area contributed by atoms with Gasteiger partial charge in [-0.3, -0.25) is 4.90 Å². The Morgan fingerprint density at radius 1 is 1.00 bits per heavy atom. The van der Waals surface area contributed by atoms with Crippen LogP contribution in [0.5, 0.6) is 5.88 Å². The Hall–Kier alpha value is -4.53. The first-order valence-electron chi connectivity index (χ1n) is 17.4. The third-order valence-corrected chi connectivity index (χ3v) is 9.14. The highest BCUT2D eigenvalue weighted by molar-refractivity contribution is 6.30. The van der Waals surface area contributed by atoms with Crippen molar-refractivity contribution < 1.29 is 18.7 Å². The van der Waals surface area contributed by atoms with E-state index in [1.165, 1.54) is 5.57 Å². The minimum Gasteiger partial charge on any atom is -0.471 e.